The molecule has 26 heavy (non-hydrogen) atoms. The molecule has 1 atom stereocenters. The molecule has 1 aromatic carbocycles. The lowest BCUT2D eigenvalue weighted by atomic mass is 9.48. The number of halogens is 2. The molecule has 0 unspecified atom stereocenters. The Hall–Kier alpha value is -0.840. The van der Waals surface area contributed by atoms with Crippen LogP contribution in [0.25, 0.3) is 0 Å². The van der Waals surface area contributed by atoms with E-state index in [0.717, 1.165) is 17.8 Å². The predicted molar refractivity (Wildman–Crippen MR) is 110 cm³/mol. The van der Waals surface area contributed by atoms with Crippen molar-refractivity contribution in [2.45, 2.75) is 51.5 Å². The Bertz CT molecular complexity index is 716. The highest BCUT2D eigenvalue weighted by Crippen LogP contribution is 2.61. The summed E-state index contributed by atoms with van der Waals surface area (Å²) in [6.07, 6.45) is 8.17. The first kappa shape index (κ1) is 18.5. The van der Waals surface area contributed by atoms with Crippen molar-refractivity contribution in [3.05, 3.63) is 33.8 Å². The molecule has 4 saturated carbocycles. The van der Waals surface area contributed by atoms with E-state index in [1.54, 1.807) is 18.2 Å². The summed E-state index contributed by atoms with van der Waals surface area (Å²) in [5.74, 6) is 2.42. The van der Waals surface area contributed by atoms with Crippen LogP contribution < -0.4 is 10.6 Å². The van der Waals surface area contributed by atoms with Crippen molar-refractivity contribution in [3.63, 3.8) is 0 Å². The summed E-state index contributed by atoms with van der Waals surface area (Å²) in [4.78, 5) is 12.4. The Labute approximate surface area is 170 Å². The third-order valence-corrected chi connectivity index (χ3v) is 7.72. The maximum Gasteiger partial charge on any atom is 0.257 e. The number of nitrogens with one attached hydrogen (secondary N) is 2. The van der Waals surface area contributed by atoms with Gasteiger partial charge in [0, 0.05) is 11.6 Å². The minimum absolute atomic E-state index is 0.265. The Morgan fingerprint density at radius 3 is 2.23 bits per heavy atom. The van der Waals surface area contributed by atoms with Crippen LogP contribution in [0.5, 0.6) is 0 Å². The Kier molecular flexibility index (Phi) is 4.96. The quantitative estimate of drug-likeness (QED) is 0.672. The minimum atomic E-state index is -0.265. The third-order valence-electron chi connectivity index (χ3n) is 6.76. The van der Waals surface area contributed by atoms with Gasteiger partial charge in [-0.15, -0.1) is 0 Å². The number of carbonyl (C=O) groups is 1. The van der Waals surface area contributed by atoms with Crippen LogP contribution in [-0.2, 0) is 0 Å². The molecule has 0 heterocycles. The third kappa shape index (κ3) is 3.48. The summed E-state index contributed by atoms with van der Waals surface area (Å²) in [5.41, 5.74) is 0.790. The van der Waals surface area contributed by atoms with Crippen molar-refractivity contribution in [2.24, 2.45) is 23.2 Å². The topological polar surface area (TPSA) is 41.1 Å². The van der Waals surface area contributed by atoms with Gasteiger partial charge in [-0.1, -0.05) is 23.2 Å². The van der Waals surface area contributed by atoms with Crippen LogP contribution in [0.4, 0.5) is 0 Å². The van der Waals surface area contributed by atoms with Gasteiger partial charge in [0.15, 0.2) is 5.11 Å². The first-order chi connectivity index (χ1) is 12.3. The van der Waals surface area contributed by atoms with Crippen LogP contribution in [0.15, 0.2) is 18.2 Å². The first-order valence-corrected chi connectivity index (χ1v) is 10.6. The maximum absolute atomic E-state index is 12.4. The molecule has 0 aliphatic heterocycles. The fraction of sp³-hybridized carbons (Fsp3) is 0.600. The minimum Gasteiger partial charge on any atom is -0.359 e. The molecule has 1 amide bonds. The number of thiocarbonyl (C=S) groups is 1. The molecule has 1 aromatic rings. The van der Waals surface area contributed by atoms with Crippen molar-refractivity contribution in [1.82, 2.24) is 10.6 Å². The van der Waals surface area contributed by atoms with Crippen molar-refractivity contribution in [2.75, 3.05) is 0 Å². The van der Waals surface area contributed by atoms with Crippen LogP contribution in [0.3, 0.4) is 0 Å². The Morgan fingerprint density at radius 2 is 1.69 bits per heavy atom. The molecule has 0 saturated heterocycles. The van der Waals surface area contributed by atoms with Gasteiger partial charge < -0.3 is 5.32 Å². The van der Waals surface area contributed by atoms with Gasteiger partial charge in [-0.05, 0) is 99.0 Å². The Morgan fingerprint density at radius 1 is 1.12 bits per heavy atom. The molecule has 0 aromatic heterocycles. The maximum atomic E-state index is 12.4. The van der Waals surface area contributed by atoms with Gasteiger partial charge in [0.05, 0.1) is 10.0 Å². The van der Waals surface area contributed by atoms with Crippen LogP contribution in [0.1, 0.15) is 55.8 Å². The van der Waals surface area contributed by atoms with Crippen LogP contribution in [0.2, 0.25) is 10.0 Å². The first-order valence-electron chi connectivity index (χ1n) is 9.41. The zero-order valence-electron chi connectivity index (χ0n) is 14.9. The zero-order valence-corrected chi connectivity index (χ0v) is 17.2. The second kappa shape index (κ2) is 6.96. The lowest BCUT2D eigenvalue weighted by Crippen LogP contribution is -2.57. The second-order valence-corrected chi connectivity index (χ2v) is 9.78. The fourth-order valence-corrected chi connectivity index (χ4v) is 6.47. The normalized spacial score (nSPS) is 33.0. The SMILES string of the molecule is C[C@H](NC(=S)NC(=O)c1ccc(Cl)c(Cl)c1)C12CC3CC(CC(C3)C1)C2. The molecule has 6 heteroatoms. The highest BCUT2D eigenvalue weighted by Gasteiger charge is 2.53. The largest absolute Gasteiger partial charge is 0.359 e. The van der Waals surface area contributed by atoms with E-state index in [1.807, 2.05) is 0 Å². The van der Waals surface area contributed by atoms with Gasteiger partial charge in [-0.25, -0.2) is 0 Å². The fourth-order valence-electron chi connectivity index (χ4n) is 5.91. The lowest BCUT2D eigenvalue weighted by Gasteiger charge is -2.59. The molecule has 2 N–H and O–H groups in total. The molecular weight excluding hydrogens is 387 g/mol. The Balaban J connectivity index is 1.38. The van der Waals surface area contributed by atoms with Crippen LogP contribution >= 0.6 is 35.4 Å². The summed E-state index contributed by atoms with van der Waals surface area (Å²) >= 11 is 17.3. The second-order valence-electron chi connectivity index (χ2n) is 8.56. The van der Waals surface area contributed by atoms with Crippen molar-refractivity contribution >= 4 is 46.4 Å². The van der Waals surface area contributed by atoms with Crippen molar-refractivity contribution < 1.29 is 4.79 Å². The highest BCUT2D eigenvalue weighted by atomic mass is 35.5. The van der Waals surface area contributed by atoms with Crippen LogP contribution in [-0.4, -0.2) is 17.1 Å². The van der Waals surface area contributed by atoms with Crippen molar-refractivity contribution in [3.8, 4) is 0 Å². The van der Waals surface area contributed by atoms with E-state index in [-0.39, 0.29) is 11.9 Å². The van der Waals surface area contributed by atoms with E-state index in [1.165, 1.54) is 38.5 Å². The molecule has 4 aliphatic rings. The van der Waals surface area contributed by atoms with E-state index < -0.39 is 0 Å². The zero-order chi connectivity index (χ0) is 18.5. The summed E-state index contributed by atoms with van der Waals surface area (Å²) in [6, 6.07) is 5.10. The van der Waals surface area contributed by atoms with Gasteiger partial charge in [-0.2, -0.15) is 0 Å². The van der Waals surface area contributed by atoms with Gasteiger partial charge in [0.1, 0.15) is 0 Å². The standard InChI is InChI=1S/C20H24Cl2N2OS/c1-11(20-8-12-4-13(9-20)6-14(5-12)10-20)23-19(26)24-18(25)15-2-3-16(21)17(22)7-15/h2-3,7,11-14H,4-6,8-10H2,1H3,(H2,23,24,25,26)/t11-,12?,13?,14?,20?/m0/s1. The molecule has 0 radical (unpaired) electrons. The predicted octanol–water partition coefficient (Wildman–Crippen LogP) is 5.20. The summed E-state index contributed by atoms with van der Waals surface area (Å²) < 4.78 is 0. The average molecular weight is 411 g/mol. The number of hydrogen-bond acceptors (Lipinski definition) is 2. The van der Waals surface area contributed by atoms with E-state index in [2.05, 4.69) is 17.6 Å². The van der Waals surface area contributed by atoms with Gasteiger partial charge in [0.2, 0.25) is 0 Å². The number of hydrogen-bond donors (Lipinski definition) is 2. The summed E-state index contributed by atoms with van der Waals surface area (Å²) in [7, 11) is 0. The highest BCUT2D eigenvalue weighted by molar-refractivity contribution is 7.80. The molecular formula is C20H24Cl2N2OS. The van der Waals surface area contributed by atoms with E-state index in [0.29, 0.717) is 26.1 Å². The molecule has 0 spiro atoms. The number of benzene rings is 1. The molecule has 4 fully saturated rings. The van der Waals surface area contributed by atoms with Crippen LogP contribution in [0, 0.1) is 23.2 Å². The van der Waals surface area contributed by atoms with Crippen molar-refractivity contribution in [1.29, 1.82) is 0 Å². The summed E-state index contributed by atoms with van der Waals surface area (Å²) in [6.45, 7) is 2.23. The molecule has 5 rings (SSSR count). The van der Waals surface area contributed by atoms with Gasteiger partial charge in [-0.3, -0.25) is 10.1 Å². The summed E-state index contributed by atoms with van der Waals surface area (Å²) in [5, 5.41) is 7.37. The molecule has 4 aliphatic carbocycles. The smallest absolute Gasteiger partial charge is 0.257 e. The number of carbonyl (C=O) groups excluding carboxylic acids is 1. The molecule has 4 bridgehead atoms. The monoisotopic (exact) mass is 410 g/mol. The number of rotatable bonds is 3. The lowest BCUT2D eigenvalue weighted by molar-refractivity contribution is -0.0672. The van der Waals surface area contributed by atoms with Gasteiger partial charge >= 0.3 is 0 Å². The van der Waals surface area contributed by atoms with E-state index in [9.17, 15) is 4.79 Å². The van der Waals surface area contributed by atoms with E-state index in [4.69, 9.17) is 35.4 Å². The number of amides is 1. The average Bonchev–Trinajstić information content (AvgIpc) is 2.55. The van der Waals surface area contributed by atoms with Gasteiger partial charge in [0.25, 0.3) is 5.91 Å². The molecule has 3 nitrogen and oxygen atoms in total. The van der Waals surface area contributed by atoms with E-state index >= 15 is 0 Å². The molecule has 140 valence electrons.